The van der Waals surface area contributed by atoms with Crippen LogP contribution in [0.2, 0.25) is 15.1 Å². The summed E-state index contributed by atoms with van der Waals surface area (Å²) in [6, 6.07) is 2.92. The lowest BCUT2D eigenvalue weighted by Crippen LogP contribution is -2.09. The number of benzene rings is 1. The van der Waals surface area contributed by atoms with Gasteiger partial charge in [0.15, 0.2) is 5.75 Å². The third-order valence-corrected chi connectivity index (χ3v) is 2.83. The Kier molecular flexibility index (Phi) is 4.32. The first-order valence-electron chi connectivity index (χ1n) is 3.46. The van der Waals surface area contributed by atoms with Crippen LogP contribution in [0.5, 0.6) is 5.75 Å². The lowest BCUT2D eigenvalue weighted by molar-refractivity contribution is -0.131. The number of alkyl halides is 1. The lowest BCUT2D eigenvalue weighted by atomic mass is 10.3. The SMILES string of the molecule is O=C(CCl)Oc1ccc(Cl)c(Cl)c1Cl. The van der Waals surface area contributed by atoms with Gasteiger partial charge in [0, 0.05) is 0 Å². The van der Waals surface area contributed by atoms with Gasteiger partial charge in [-0.1, -0.05) is 34.8 Å². The van der Waals surface area contributed by atoms with Crippen molar-refractivity contribution in [2.24, 2.45) is 0 Å². The highest BCUT2D eigenvalue weighted by Crippen LogP contribution is 2.37. The monoisotopic (exact) mass is 272 g/mol. The minimum atomic E-state index is -0.605. The molecular formula is C8H4Cl4O2. The Bertz CT molecular complexity index is 365. The van der Waals surface area contributed by atoms with Crippen LogP contribution in [0.1, 0.15) is 0 Å². The van der Waals surface area contributed by atoms with Crippen LogP contribution in [0.25, 0.3) is 0 Å². The van der Waals surface area contributed by atoms with E-state index in [-0.39, 0.29) is 21.7 Å². The average Bonchev–Trinajstić information content (AvgIpc) is 2.19. The van der Waals surface area contributed by atoms with Crippen molar-refractivity contribution in [2.75, 3.05) is 5.88 Å². The molecule has 1 rings (SSSR count). The summed E-state index contributed by atoms with van der Waals surface area (Å²) < 4.78 is 4.78. The van der Waals surface area contributed by atoms with Crippen LogP contribution in [0.3, 0.4) is 0 Å². The summed E-state index contributed by atoms with van der Waals surface area (Å²) >= 11 is 22.4. The van der Waals surface area contributed by atoms with E-state index >= 15 is 0 Å². The van der Waals surface area contributed by atoms with Gasteiger partial charge in [-0.3, -0.25) is 4.79 Å². The van der Waals surface area contributed by atoms with Gasteiger partial charge in [-0.05, 0) is 12.1 Å². The Morgan fingerprint density at radius 2 is 1.86 bits per heavy atom. The number of halogens is 4. The second-order valence-corrected chi connectivity index (χ2v) is 3.71. The average molecular weight is 274 g/mol. The van der Waals surface area contributed by atoms with Crippen LogP contribution in [0.4, 0.5) is 0 Å². The first-order chi connectivity index (χ1) is 6.56. The summed E-state index contributed by atoms with van der Waals surface area (Å²) in [5, 5.41) is 0.535. The smallest absolute Gasteiger partial charge is 0.326 e. The molecule has 0 unspecified atom stereocenters. The molecule has 1 aromatic carbocycles. The van der Waals surface area contributed by atoms with Gasteiger partial charge in [0.1, 0.15) is 10.9 Å². The van der Waals surface area contributed by atoms with Crippen molar-refractivity contribution in [3.8, 4) is 5.75 Å². The lowest BCUT2D eigenvalue weighted by Gasteiger charge is -2.06. The summed E-state index contributed by atoms with van der Waals surface area (Å²) in [6.45, 7) is 0. The normalized spacial score (nSPS) is 10.0. The van der Waals surface area contributed by atoms with Gasteiger partial charge in [0.2, 0.25) is 0 Å². The summed E-state index contributed by atoms with van der Waals surface area (Å²) in [5.74, 6) is -0.713. The van der Waals surface area contributed by atoms with Crippen molar-refractivity contribution in [1.29, 1.82) is 0 Å². The van der Waals surface area contributed by atoms with Crippen molar-refractivity contribution in [1.82, 2.24) is 0 Å². The number of carbonyl (C=O) groups is 1. The molecule has 6 heteroatoms. The fourth-order valence-corrected chi connectivity index (χ4v) is 1.36. The van der Waals surface area contributed by atoms with Crippen LogP contribution in [-0.4, -0.2) is 11.8 Å². The van der Waals surface area contributed by atoms with Gasteiger partial charge in [0.25, 0.3) is 0 Å². The standard InChI is InChI=1S/C8H4Cl4O2/c9-3-6(13)14-5-2-1-4(10)7(11)8(5)12/h1-2H,3H2. The van der Waals surface area contributed by atoms with Crippen LogP contribution in [-0.2, 0) is 4.79 Å². The molecule has 0 saturated heterocycles. The van der Waals surface area contributed by atoms with Crippen LogP contribution in [0, 0.1) is 0 Å². The first-order valence-corrected chi connectivity index (χ1v) is 5.13. The van der Waals surface area contributed by atoms with E-state index in [1.807, 2.05) is 0 Å². The van der Waals surface area contributed by atoms with Crippen molar-refractivity contribution < 1.29 is 9.53 Å². The summed E-state index contributed by atoms with van der Waals surface area (Å²) in [7, 11) is 0. The Balaban J connectivity index is 3.00. The second kappa shape index (κ2) is 5.08. The zero-order valence-corrected chi connectivity index (χ0v) is 9.71. The molecule has 0 aromatic heterocycles. The highest BCUT2D eigenvalue weighted by molar-refractivity contribution is 6.48. The Morgan fingerprint density at radius 3 is 2.43 bits per heavy atom. The highest BCUT2D eigenvalue weighted by Gasteiger charge is 2.12. The van der Waals surface area contributed by atoms with E-state index in [1.54, 1.807) is 0 Å². The molecule has 0 radical (unpaired) electrons. The number of esters is 1. The van der Waals surface area contributed by atoms with Crippen molar-refractivity contribution in [2.45, 2.75) is 0 Å². The molecule has 0 saturated carbocycles. The minimum absolute atomic E-state index is 0.0950. The number of hydrogen-bond donors (Lipinski definition) is 0. The van der Waals surface area contributed by atoms with E-state index in [1.165, 1.54) is 12.1 Å². The molecule has 76 valence electrons. The first kappa shape index (κ1) is 11.9. The van der Waals surface area contributed by atoms with Crippen LogP contribution < -0.4 is 4.74 Å². The maximum atomic E-state index is 10.8. The molecule has 0 aliphatic rings. The maximum Gasteiger partial charge on any atom is 0.326 e. The molecule has 0 N–H and O–H groups in total. The van der Waals surface area contributed by atoms with E-state index in [0.717, 1.165) is 0 Å². The van der Waals surface area contributed by atoms with E-state index in [0.29, 0.717) is 5.02 Å². The van der Waals surface area contributed by atoms with Gasteiger partial charge >= 0.3 is 5.97 Å². The van der Waals surface area contributed by atoms with Crippen molar-refractivity contribution in [3.63, 3.8) is 0 Å². The van der Waals surface area contributed by atoms with E-state index in [9.17, 15) is 4.79 Å². The fraction of sp³-hybridized carbons (Fsp3) is 0.125. The number of rotatable bonds is 2. The largest absolute Gasteiger partial charge is 0.424 e. The molecule has 0 aliphatic carbocycles. The summed E-state index contributed by atoms with van der Waals surface area (Å²) in [5.41, 5.74) is 0. The van der Waals surface area contributed by atoms with Crippen molar-refractivity contribution >= 4 is 52.4 Å². The fourth-order valence-electron chi connectivity index (χ4n) is 0.737. The molecule has 2 nitrogen and oxygen atoms in total. The maximum absolute atomic E-state index is 10.8. The second-order valence-electron chi connectivity index (χ2n) is 2.28. The summed E-state index contributed by atoms with van der Waals surface area (Å²) in [6.07, 6.45) is 0. The predicted octanol–water partition coefficient (Wildman–Crippen LogP) is 3.79. The number of carbonyl (C=O) groups excluding carboxylic acids is 1. The molecular weight excluding hydrogens is 270 g/mol. The highest BCUT2D eigenvalue weighted by atomic mass is 35.5. The van der Waals surface area contributed by atoms with E-state index in [4.69, 9.17) is 51.1 Å². The quantitative estimate of drug-likeness (QED) is 0.355. The topological polar surface area (TPSA) is 26.3 Å². The molecule has 0 aliphatic heterocycles. The number of ether oxygens (including phenoxy) is 1. The van der Waals surface area contributed by atoms with Gasteiger partial charge in [0.05, 0.1) is 10.0 Å². The third-order valence-electron chi connectivity index (χ3n) is 1.33. The van der Waals surface area contributed by atoms with Gasteiger partial charge in [-0.15, -0.1) is 11.6 Å². The zero-order chi connectivity index (χ0) is 10.7. The minimum Gasteiger partial charge on any atom is -0.424 e. The summed E-state index contributed by atoms with van der Waals surface area (Å²) in [4.78, 5) is 10.8. The van der Waals surface area contributed by atoms with Gasteiger partial charge < -0.3 is 4.74 Å². The molecule has 1 aromatic rings. The molecule has 0 heterocycles. The molecule has 0 amide bonds. The van der Waals surface area contributed by atoms with Gasteiger partial charge in [-0.25, -0.2) is 0 Å². The molecule has 14 heavy (non-hydrogen) atoms. The predicted molar refractivity (Wildman–Crippen MR) is 57.8 cm³/mol. The van der Waals surface area contributed by atoms with Crippen LogP contribution in [0.15, 0.2) is 12.1 Å². The van der Waals surface area contributed by atoms with E-state index in [2.05, 4.69) is 0 Å². The zero-order valence-electron chi connectivity index (χ0n) is 6.69. The Hall–Kier alpha value is -0.150. The van der Waals surface area contributed by atoms with E-state index < -0.39 is 5.97 Å². The third kappa shape index (κ3) is 2.67. The molecule has 0 atom stereocenters. The molecule has 0 fully saturated rings. The Morgan fingerprint density at radius 1 is 1.21 bits per heavy atom. The van der Waals surface area contributed by atoms with Crippen LogP contribution >= 0.6 is 46.4 Å². The van der Waals surface area contributed by atoms with Crippen molar-refractivity contribution in [3.05, 3.63) is 27.2 Å². The molecule has 0 spiro atoms. The molecule has 0 bridgehead atoms. The number of hydrogen-bond acceptors (Lipinski definition) is 2. The Labute approximate surface area is 101 Å². The van der Waals surface area contributed by atoms with Gasteiger partial charge in [-0.2, -0.15) is 0 Å².